The fraction of sp³-hybridized carbons (Fsp3) is 0.214. The van der Waals surface area contributed by atoms with Gasteiger partial charge in [0, 0.05) is 17.1 Å². The van der Waals surface area contributed by atoms with Gasteiger partial charge in [-0.25, -0.2) is 13.4 Å². The van der Waals surface area contributed by atoms with Gasteiger partial charge in [-0.3, -0.25) is 9.52 Å². The van der Waals surface area contributed by atoms with Crippen molar-refractivity contribution in [1.29, 1.82) is 0 Å². The van der Waals surface area contributed by atoms with Crippen molar-refractivity contribution in [3.05, 3.63) is 35.5 Å². The largest absolute Gasteiger partial charge is 0.466 e. The molecule has 0 aliphatic carbocycles. The Balaban J connectivity index is 1.72. The molecule has 3 aromatic rings. The smallest absolute Gasteiger partial charge is 0.311 e. The number of sulfonamides is 1. The summed E-state index contributed by atoms with van der Waals surface area (Å²) in [4.78, 5) is 16.7. The van der Waals surface area contributed by atoms with E-state index in [-0.39, 0.29) is 21.7 Å². The average Bonchev–Trinajstić information content (AvgIpc) is 3.28. The van der Waals surface area contributed by atoms with Gasteiger partial charge in [-0.05, 0) is 19.1 Å². The van der Waals surface area contributed by atoms with Crippen molar-refractivity contribution in [2.45, 2.75) is 17.6 Å². The van der Waals surface area contributed by atoms with Crippen LogP contribution < -0.4 is 4.72 Å². The first kappa shape index (κ1) is 17.6. The van der Waals surface area contributed by atoms with Crippen molar-refractivity contribution in [3.8, 4) is 10.6 Å². The second-order valence-electron chi connectivity index (χ2n) is 4.72. The minimum atomic E-state index is -3.77. The van der Waals surface area contributed by atoms with Crippen molar-refractivity contribution < 1.29 is 22.5 Å². The van der Waals surface area contributed by atoms with Gasteiger partial charge < -0.3 is 9.26 Å². The Labute approximate surface area is 151 Å². The third kappa shape index (κ3) is 4.24. The van der Waals surface area contributed by atoms with Crippen LogP contribution in [0.15, 0.2) is 39.4 Å². The number of hydrogen-bond acceptors (Lipinski definition) is 9. The zero-order valence-corrected chi connectivity index (χ0v) is 15.4. The predicted octanol–water partition coefficient (Wildman–Crippen LogP) is 2.77. The molecule has 1 N–H and O–H groups in total. The highest BCUT2D eigenvalue weighted by atomic mass is 32.2. The first-order chi connectivity index (χ1) is 12.0. The molecule has 3 rings (SSSR count). The number of hydrogen-bond donors (Lipinski definition) is 1. The third-order valence-electron chi connectivity index (χ3n) is 2.94. The molecule has 0 saturated heterocycles. The molecular formula is C14H13N3O5S3. The van der Waals surface area contributed by atoms with E-state index in [0.717, 1.165) is 22.7 Å². The van der Waals surface area contributed by atoms with E-state index in [1.54, 1.807) is 19.1 Å². The van der Waals surface area contributed by atoms with Crippen molar-refractivity contribution in [2.24, 2.45) is 0 Å². The van der Waals surface area contributed by atoms with E-state index in [9.17, 15) is 13.2 Å². The van der Waals surface area contributed by atoms with Crippen LogP contribution in [0.25, 0.3) is 10.6 Å². The zero-order chi connectivity index (χ0) is 17.9. The van der Waals surface area contributed by atoms with Gasteiger partial charge in [0.25, 0.3) is 10.0 Å². The van der Waals surface area contributed by atoms with Crippen LogP contribution >= 0.6 is 22.7 Å². The van der Waals surface area contributed by atoms with Crippen LogP contribution in [0.1, 0.15) is 11.8 Å². The molecule has 0 fully saturated rings. The van der Waals surface area contributed by atoms with Gasteiger partial charge in [0.1, 0.15) is 16.2 Å². The van der Waals surface area contributed by atoms with Gasteiger partial charge in [-0.1, -0.05) is 5.16 Å². The van der Waals surface area contributed by atoms with E-state index in [1.807, 2.05) is 0 Å². The maximum Gasteiger partial charge on any atom is 0.311 e. The number of ether oxygens (including phenoxy) is 1. The summed E-state index contributed by atoms with van der Waals surface area (Å²) in [6.45, 7) is 2.02. The second kappa shape index (κ2) is 7.33. The van der Waals surface area contributed by atoms with Gasteiger partial charge in [-0.15, -0.1) is 22.7 Å². The molecule has 0 radical (unpaired) electrons. The minimum absolute atomic E-state index is 0.0581. The summed E-state index contributed by atoms with van der Waals surface area (Å²) >= 11 is 2.16. The molecule has 3 heterocycles. The number of nitrogens with one attached hydrogen (secondary N) is 1. The number of thiophene rings is 1. The van der Waals surface area contributed by atoms with Gasteiger partial charge in [0.2, 0.25) is 0 Å². The van der Waals surface area contributed by atoms with Crippen molar-refractivity contribution >= 4 is 43.8 Å². The summed E-state index contributed by atoms with van der Waals surface area (Å²) in [5, 5.41) is 3.97. The molecule has 3 aromatic heterocycles. The van der Waals surface area contributed by atoms with Crippen LogP contribution in [0.4, 0.5) is 5.13 Å². The Morgan fingerprint density at radius 1 is 1.32 bits per heavy atom. The standard InChI is InChI=1S/C14H13N3O5S3/c1-2-21-12(18)7-9-8-15-14(23-9)17-25(19,20)13-4-3-11(24-13)10-5-6-22-16-10/h3-6,8H,2,7H2,1H3,(H,15,17). The van der Waals surface area contributed by atoms with E-state index in [0.29, 0.717) is 22.1 Å². The van der Waals surface area contributed by atoms with E-state index in [4.69, 9.17) is 9.26 Å². The molecule has 11 heteroatoms. The Bertz CT molecular complexity index is 960. The van der Waals surface area contributed by atoms with Gasteiger partial charge in [0.15, 0.2) is 5.13 Å². The number of thiazole rings is 1. The molecular weight excluding hydrogens is 386 g/mol. The molecule has 0 saturated carbocycles. The van der Waals surface area contributed by atoms with Crippen LogP contribution in [0.5, 0.6) is 0 Å². The number of carbonyl (C=O) groups excluding carboxylic acids is 1. The SMILES string of the molecule is CCOC(=O)Cc1cnc(NS(=O)(=O)c2ccc(-c3ccon3)s2)s1. The van der Waals surface area contributed by atoms with Gasteiger partial charge >= 0.3 is 5.97 Å². The van der Waals surface area contributed by atoms with Crippen LogP contribution in [-0.4, -0.2) is 31.1 Å². The lowest BCUT2D eigenvalue weighted by molar-refractivity contribution is -0.142. The highest BCUT2D eigenvalue weighted by Crippen LogP contribution is 2.31. The van der Waals surface area contributed by atoms with E-state index < -0.39 is 10.0 Å². The predicted molar refractivity (Wildman–Crippen MR) is 93.1 cm³/mol. The van der Waals surface area contributed by atoms with Crippen LogP contribution in [0.2, 0.25) is 0 Å². The number of rotatable bonds is 7. The fourth-order valence-electron chi connectivity index (χ4n) is 1.90. The van der Waals surface area contributed by atoms with Crippen molar-refractivity contribution in [1.82, 2.24) is 10.1 Å². The molecule has 0 aliphatic heterocycles. The highest BCUT2D eigenvalue weighted by Gasteiger charge is 2.20. The Kier molecular flexibility index (Phi) is 5.16. The van der Waals surface area contributed by atoms with Crippen LogP contribution in [0, 0.1) is 0 Å². The fourth-order valence-corrected chi connectivity index (χ4v) is 5.21. The molecule has 0 aliphatic rings. The highest BCUT2D eigenvalue weighted by molar-refractivity contribution is 7.95. The van der Waals surface area contributed by atoms with Crippen LogP contribution in [-0.2, 0) is 26.0 Å². The average molecular weight is 399 g/mol. The molecule has 8 nitrogen and oxygen atoms in total. The zero-order valence-electron chi connectivity index (χ0n) is 13.0. The molecule has 132 valence electrons. The number of aromatic nitrogens is 2. The lowest BCUT2D eigenvalue weighted by Gasteiger charge is -2.01. The molecule has 0 aromatic carbocycles. The van der Waals surface area contributed by atoms with Crippen LogP contribution in [0.3, 0.4) is 0 Å². The lowest BCUT2D eigenvalue weighted by atomic mass is 10.3. The van der Waals surface area contributed by atoms with Gasteiger partial charge in [0.05, 0.1) is 17.9 Å². The molecule has 0 atom stereocenters. The Hall–Kier alpha value is -2.24. The monoisotopic (exact) mass is 399 g/mol. The van der Waals surface area contributed by atoms with Crippen molar-refractivity contribution in [2.75, 3.05) is 11.3 Å². The summed E-state index contributed by atoms with van der Waals surface area (Å²) in [6.07, 6.45) is 2.93. The van der Waals surface area contributed by atoms with E-state index in [1.165, 1.54) is 18.5 Å². The van der Waals surface area contributed by atoms with Crippen molar-refractivity contribution in [3.63, 3.8) is 0 Å². The quantitative estimate of drug-likeness (QED) is 0.608. The first-order valence-electron chi connectivity index (χ1n) is 7.11. The lowest BCUT2D eigenvalue weighted by Crippen LogP contribution is -2.11. The molecule has 0 bridgehead atoms. The third-order valence-corrected chi connectivity index (χ3v) is 6.92. The number of anilines is 1. The summed E-state index contributed by atoms with van der Waals surface area (Å²) in [6, 6.07) is 4.80. The second-order valence-corrected chi connectivity index (χ2v) is 8.83. The topological polar surface area (TPSA) is 111 Å². The van der Waals surface area contributed by atoms with E-state index >= 15 is 0 Å². The Morgan fingerprint density at radius 3 is 2.88 bits per heavy atom. The maximum atomic E-state index is 12.4. The Morgan fingerprint density at radius 2 is 2.16 bits per heavy atom. The molecule has 0 unspecified atom stereocenters. The maximum absolute atomic E-state index is 12.4. The van der Waals surface area contributed by atoms with E-state index in [2.05, 4.69) is 14.9 Å². The molecule has 0 amide bonds. The summed E-state index contributed by atoms with van der Waals surface area (Å²) < 4.78 is 37.1. The minimum Gasteiger partial charge on any atom is -0.466 e. The van der Waals surface area contributed by atoms with Gasteiger partial charge in [-0.2, -0.15) is 0 Å². The molecule has 25 heavy (non-hydrogen) atoms. The number of carbonyl (C=O) groups is 1. The summed E-state index contributed by atoms with van der Waals surface area (Å²) in [7, 11) is -3.77. The normalized spacial score (nSPS) is 11.4. The molecule has 0 spiro atoms. The number of nitrogens with zero attached hydrogens (tertiary/aromatic N) is 2. The number of esters is 1. The summed E-state index contributed by atoms with van der Waals surface area (Å²) in [5.41, 5.74) is 0.567. The first-order valence-corrected chi connectivity index (χ1v) is 10.2. The summed E-state index contributed by atoms with van der Waals surface area (Å²) in [5.74, 6) is -0.379.